The van der Waals surface area contributed by atoms with Crippen LogP contribution in [0.25, 0.3) is 0 Å². The Morgan fingerprint density at radius 1 is 0.938 bits per heavy atom. The van der Waals surface area contributed by atoms with E-state index in [9.17, 15) is 18.0 Å². The standard InChI is InChI=1S/C24H34N2O5S/c27-23(25-21-8-2-1-3-9-21)17-31-24(28)19-12-14-26(15-13-19)32(29,30)22-11-10-18-6-4-5-7-20(18)16-22/h10-11,16,19,21H,1-9,12-15,17H2,(H,25,27). The Balaban J connectivity index is 1.26. The third-order valence-corrected chi connectivity index (χ3v) is 8.96. The third kappa shape index (κ3) is 5.52. The number of rotatable bonds is 6. The van der Waals surface area contributed by atoms with Gasteiger partial charge < -0.3 is 10.1 Å². The molecule has 7 nitrogen and oxygen atoms in total. The van der Waals surface area contributed by atoms with E-state index in [-0.39, 0.29) is 37.6 Å². The molecule has 0 unspecified atom stereocenters. The highest BCUT2D eigenvalue weighted by Gasteiger charge is 2.33. The average molecular weight is 463 g/mol. The Kier molecular flexibility index (Phi) is 7.51. The summed E-state index contributed by atoms with van der Waals surface area (Å²) in [5, 5.41) is 2.94. The summed E-state index contributed by atoms with van der Waals surface area (Å²) in [4.78, 5) is 24.8. The molecule has 32 heavy (non-hydrogen) atoms. The maximum absolute atomic E-state index is 13.1. The molecule has 3 aliphatic rings. The third-order valence-electron chi connectivity index (χ3n) is 7.06. The number of piperidine rings is 1. The Bertz CT molecular complexity index is 932. The van der Waals surface area contributed by atoms with E-state index < -0.39 is 16.0 Å². The molecule has 2 fully saturated rings. The maximum atomic E-state index is 13.1. The molecule has 1 amide bonds. The van der Waals surface area contributed by atoms with Crippen LogP contribution >= 0.6 is 0 Å². The number of ether oxygens (including phenoxy) is 1. The van der Waals surface area contributed by atoms with Gasteiger partial charge in [0.05, 0.1) is 10.8 Å². The molecule has 1 saturated heterocycles. The highest BCUT2D eigenvalue weighted by atomic mass is 32.2. The number of hydrogen-bond acceptors (Lipinski definition) is 5. The number of sulfonamides is 1. The minimum absolute atomic E-state index is 0.187. The van der Waals surface area contributed by atoms with Crippen LogP contribution in [0.4, 0.5) is 0 Å². The molecule has 0 aromatic heterocycles. The van der Waals surface area contributed by atoms with Crippen molar-refractivity contribution in [3.05, 3.63) is 29.3 Å². The van der Waals surface area contributed by atoms with E-state index >= 15 is 0 Å². The van der Waals surface area contributed by atoms with Gasteiger partial charge in [0, 0.05) is 19.1 Å². The van der Waals surface area contributed by atoms with E-state index in [0.717, 1.165) is 56.9 Å². The summed E-state index contributed by atoms with van der Waals surface area (Å²) >= 11 is 0. The van der Waals surface area contributed by atoms with E-state index in [0.29, 0.717) is 17.7 Å². The molecule has 1 heterocycles. The molecule has 2 aliphatic carbocycles. The Morgan fingerprint density at radius 3 is 2.34 bits per heavy atom. The van der Waals surface area contributed by atoms with Crippen molar-refractivity contribution >= 4 is 21.9 Å². The van der Waals surface area contributed by atoms with E-state index in [4.69, 9.17) is 4.74 Å². The summed E-state index contributed by atoms with van der Waals surface area (Å²) in [6.07, 6.45) is 10.4. The minimum atomic E-state index is -3.57. The summed E-state index contributed by atoms with van der Waals surface area (Å²) in [5.41, 5.74) is 2.39. The van der Waals surface area contributed by atoms with Gasteiger partial charge in [0.2, 0.25) is 10.0 Å². The van der Waals surface area contributed by atoms with Crippen LogP contribution in [0.3, 0.4) is 0 Å². The van der Waals surface area contributed by atoms with Crippen LogP contribution in [-0.2, 0) is 37.2 Å². The van der Waals surface area contributed by atoms with Crippen LogP contribution in [0.2, 0.25) is 0 Å². The number of benzene rings is 1. The highest BCUT2D eigenvalue weighted by Crippen LogP contribution is 2.28. The largest absolute Gasteiger partial charge is 0.455 e. The number of fused-ring (bicyclic) bond motifs is 1. The van der Waals surface area contributed by atoms with Crippen LogP contribution in [0.5, 0.6) is 0 Å². The summed E-state index contributed by atoms with van der Waals surface area (Å²) in [6, 6.07) is 5.68. The first-order valence-electron chi connectivity index (χ1n) is 12.0. The average Bonchev–Trinajstić information content (AvgIpc) is 2.83. The molecule has 8 heteroatoms. The highest BCUT2D eigenvalue weighted by molar-refractivity contribution is 7.89. The lowest BCUT2D eigenvalue weighted by atomic mass is 9.92. The van der Waals surface area contributed by atoms with Gasteiger partial charge in [0.1, 0.15) is 0 Å². The zero-order chi connectivity index (χ0) is 22.6. The molecular weight excluding hydrogens is 428 g/mol. The van der Waals surface area contributed by atoms with E-state index in [1.807, 2.05) is 12.1 Å². The van der Waals surface area contributed by atoms with Gasteiger partial charge in [-0.25, -0.2) is 8.42 Å². The van der Waals surface area contributed by atoms with E-state index in [1.165, 1.54) is 16.3 Å². The SMILES string of the molecule is O=C(COC(=O)C1CCN(S(=O)(=O)c2ccc3c(c2)CCCC3)CC1)NC1CCCCC1. The van der Waals surface area contributed by atoms with Crippen molar-refractivity contribution in [2.45, 2.75) is 81.6 Å². The lowest BCUT2D eigenvalue weighted by molar-refractivity contribution is -0.153. The van der Waals surface area contributed by atoms with Crippen molar-refractivity contribution in [2.75, 3.05) is 19.7 Å². The fourth-order valence-electron chi connectivity index (χ4n) is 5.12. The van der Waals surface area contributed by atoms with Gasteiger partial charge in [-0.05, 0) is 74.6 Å². The normalized spacial score (nSPS) is 21.0. The van der Waals surface area contributed by atoms with Crippen LogP contribution in [-0.4, -0.2) is 50.3 Å². The molecule has 1 aromatic rings. The molecule has 0 bridgehead atoms. The summed E-state index contributed by atoms with van der Waals surface area (Å²) in [6.45, 7) is 0.309. The molecule has 0 atom stereocenters. The number of nitrogens with zero attached hydrogens (tertiary/aromatic N) is 1. The predicted molar refractivity (Wildman–Crippen MR) is 121 cm³/mol. The van der Waals surface area contributed by atoms with Crippen molar-refractivity contribution < 1.29 is 22.7 Å². The number of amides is 1. The molecule has 176 valence electrons. The Morgan fingerprint density at radius 2 is 1.62 bits per heavy atom. The molecule has 0 radical (unpaired) electrons. The quantitative estimate of drug-likeness (QED) is 0.656. The number of esters is 1. The second kappa shape index (κ2) is 10.3. The molecule has 1 aromatic carbocycles. The fraction of sp³-hybridized carbons (Fsp3) is 0.667. The molecule has 0 spiro atoms. The van der Waals surface area contributed by atoms with E-state index in [2.05, 4.69) is 5.32 Å². The number of carbonyl (C=O) groups is 2. The molecule has 1 aliphatic heterocycles. The van der Waals surface area contributed by atoms with Gasteiger partial charge >= 0.3 is 5.97 Å². The molecule has 1 N–H and O–H groups in total. The van der Waals surface area contributed by atoms with Gasteiger partial charge in [-0.1, -0.05) is 25.3 Å². The van der Waals surface area contributed by atoms with Crippen LogP contribution in [0.1, 0.15) is 68.9 Å². The topological polar surface area (TPSA) is 92.8 Å². The monoisotopic (exact) mass is 462 g/mol. The lowest BCUT2D eigenvalue weighted by Gasteiger charge is -2.30. The first kappa shape index (κ1) is 23.2. The zero-order valence-electron chi connectivity index (χ0n) is 18.7. The van der Waals surface area contributed by atoms with E-state index in [1.54, 1.807) is 6.07 Å². The predicted octanol–water partition coefficient (Wildman–Crippen LogP) is 2.96. The van der Waals surface area contributed by atoms with Crippen molar-refractivity contribution in [2.24, 2.45) is 5.92 Å². The summed E-state index contributed by atoms with van der Waals surface area (Å²) < 4.78 is 32.9. The van der Waals surface area contributed by atoms with Crippen molar-refractivity contribution in [3.63, 3.8) is 0 Å². The van der Waals surface area contributed by atoms with Gasteiger partial charge in [0.15, 0.2) is 6.61 Å². The van der Waals surface area contributed by atoms with Gasteiger partial charge in [-0.2, -0.15) is 4.31 Å². The first-order valence-corrected chi connectivity index (χ1v) is 13.5. The van der Waals surface area contributed by atoms with Crippen molar-refractivity contribution in [1.82, 2.24) is 9.62 Å². The van der Waals surface area contributed by atoms with Gasteiger partial charge in [-0.3, -0.25) is 9.59 Å². The minimum Gasteiger partial charge on any atom is -0.455 e. The van der Waals surface area contributed by atoms with Crippen molar-refractivity contribution in [1.29, 1.82) is 0 Å². The van der Waals surface area contributed by atoms with Crippen LogP contribution < -0.4 is 5.32 Å². The lowest BCUT2D eigenvalue weighted by Crippen LogP contribution is -2.42. The molecule has 1 saturated carbocycles. The molecular formula is C24H34N2O5S. The Labute approximate surface area is 190 Å². The first-order chi connectivity index (χ1) is 15.4. The van der Waals surface area contributed by atoms with Gasteiger partial charge in [-0.15, -0.1) is 0 Å². The van der Waals surface area contributed by atoms with Crippen LogP contribution in [0, 0.1) is 5.92 Å². The maximum Gasteiger partial charge on any atom is 0.309 e. The van der Waals surface area contributed by atoms with Crippen LogP contribution in [0.15, 0.2) is 23.1 Å². The number of carbonyl (C=O) groups excluding carboxylic acids is 2. The zero-order valence-corrected chi connectivity index (χ0v) is 19.5. The smallest absolute Gasteiger partial charge is 0.309 e. The Hall–Kier alpha value is -1.93. The van der Waals surface area contributed by atoms with Gasteiger partial charge in [0.25, 0.3) is 5.91 Å². The summed E-state index contributed by atoms with van der Waals surface area (Å²) in [5.74, 6) is -1.03. The van der Waals surface area contributed by atoms with Crippen molar-refractivity contribution in [3.8, 4) is 0 Å². The second-order valence-electron chi connectivity index (χ2n) is 9.33. The fourth-order valence-corrected chi connectivity index (χ4v) is 6.64. The second-order valence-corrected chi connectivity index (χ2v) is 11.3. The number of nitrogens with one attached hydrogen (secondary N) is 1. The summed E-state index contributed by atoms with van der Waals surface area (Å²) in [7, 11) is -3.57. The molecule has 4 rings (SSSR count). The number of hydrogen-bond donors (Lipinski definition) is 1. The number of aryl methyl sites for hydroxylation is 2.